The molecule has 1 aliphatic heterocycles. The fraction of sp³-hybridized carbons (Fsp3) is 0.515. The van der Waals surface area contributed by atoms with Crippen LogP contribution < -0.4 is 10.2 Å². The lowest BCUT2D eigenvalue weighted by Gasteiger charge is -2.27. The van der Waals surface area contributed by atoms with Crippen LogP contribution in [0.5, 0.6) is 0 Å². The first-order chi connectivity index (χ1) is 23.2. The van der Waals surface area contributed by atoms with Crippen molar-refractivity contribution in [1.29, 1.82) is 0 Å². The minimum absolute atomic E-state index is 0.00968. The number of aliphatic hydroxyl groups is 2. The Morgan fingerprint density at radius 2 is 0.979 bits per heavy atom. The number of hydrogen-bond donors (Lipinski definition) is 3. The van der Waals surface area contributed by atoms with Gasteiger partial charge in [-0.15, -0.1) is 0 Å². The maximum Gasteiger partial charge on any atom is 0.356 e. The summed E-state index contributed by atoms with van der Waals surface area (Å²) in [6.07, 6.45) is 2.44. The van der Waals surface area contributed by atoms with Gasteiger partial charge in [-0.3, -0.25) is 4.90 Å². The number of hydrogen-bond acceptors (Lipinski definition) is 12. The minimum Gasteiger partial charge on any atom is -0.460 e. The summed E-state index contributed by atoms with van der Waals surface area (Å²) in [4.78, 5) is 28.4. The zero-order chi connectivity index (χ0) is 33.4. The Morgan fingerprint density at radius 3 is 1.45 bits per heavy atom. The van der Waals surface area contributed by atoms with E-state index in [1.54, 1.807) is 0 Å². The number of rotatable bonds is 25. The predicted octanol–water partition coefficient (Wildman–Crippen LogP) is 1.99. The van der Waals surface area contributed by atoms with Crippen molar-refractivity contribution in [3.63, 3.8) is 0 Å². The van der Waals surface area contributed by atoms with Gasteiger partial charge < -0.3 is 53.4 Å². The highest BCUT2D eigenvalue weighted by Gasteiger charge is 2.29. The second-order valence-corrected chi connectivity index (χ2v) is 9.78. The van der Waals surface area contributed by atoms with Crippen molar-refractivity contribution in [3.05, 3.63) is 59.7 Å². The van der Waals surface area contributed by atoms with Gasteiger partial charge in [-0.25, -0.2) is 9.59 Å². The van der Waals surface area contributed by atoms with E-state index in [0.29, 0.717) is 51.0 Å². The number of carbonyl (C=O) groups is 2. The molecule has 47 heavy (non-hydrogen) atoms. The van der Waals surface area contributed by atoms with E-state index in [1.165, 1.54) is 4.90 Å². The lowest BCUT2D eigenvalue weighted by Crippen LogP contribution is -2.49. The molecule has 0 bridgehead atoms. The van der Waals surface area contributed by atoms with E-state index < -0.39 is 18.2 Å². The van der Waals surface area contributed by atoms with Crippen LogP contribution >= 0.6 is 0 Å². The number of nitrogens with one attached hydrogen (secondary N) is 1. The van der Waals surface area contributed by atoms with E-state index in [-0.39, 0.29) is 66.1 Å². The smallest absolute Gasteiger partial charge is 0.356 e. The number of anilines is 2. The van der Waals surface area contributed by atoms with E-state index in [2.05, 4.69) is 5.32 Å². The summed E-state index contributed by atoms with van der Waals surface area (Å²) in [7, 11) is 0. The summed E-state index contributed by atoms with van der Waals surface area (Å²) in [5.41, 5.74) is 2.93. The van der Waals surface area contributed by atoms with E-state index in [0.717, 1.165) is 11.1 Å². The number of para-hydroxylation sites is 2. The number of ether oxygens (including phenoxy) is 8. The van der Waals surface area contributed by atoms with Crippen molar-refractivity contribution in [2.45, 2.75) is 6.23 Å². The van der Waals surface area contributed by atoms with E-state index in [1.807, 2.05) is 60.7 Å². The van der Waals surface area contributed by atoms with Gasteiger partial charge in [-0.1, -0.05) is 48.6 Å². The topological polar surface area (TPSA) is 164 Å². The normalized spacial score (nSPS) is 12.7. The summed E-state index contributed by atoms with van der Waals surface area (Å²) >= 11 is 0. The highest BCUT2D eigenvalue weighted by molar-refractivity contribution is 6.06. The number of esters is 1. The number of amides is 2. The Kier molecular flexibility index (Phi) is 19.3. The van der Waals surface area contributed by atoms with Crippen molar-refractivity contribution < 1.29 is 57.7 Å². The largest absolute Gasteiger partial charge is 0.460 e. The Labute approximate surface area is 275 Å². The number of fused-ring (bicyclic) bond motifs is 2. The van der Waals surface area contributed by atoms with Gasteiger partial charge in [0.15, 0.2) is 0 Å². The molecule has 0 saturated heterocycles. The van der Waals surface area contributed by atoms with Gasteiger partial charge in [0.1, 0.15) is 6.61 Å². The first-order valence-corrected chi connectivity index (χ1v) is 15.6. The number of aliphatic hydroxyl groups excluding tert-OH is 2. The number of carbonyl (C=O) groups excluding carboxylic acids is 2. The number of nitrogens with zero attached hydrogens (tertiary/aromatic N) is 1. The standard InChI is InChI=1S/C33H46N2O12/c36-11-13-40-15-17-42-19-21-44-23-25-46-31(32(38)47-26-24-45-22-20-43-18-16-41-14-12-37)34-33(39)35-29-7-3-1-5-27(29)9-10-28-6-2-4-8-30(28)35/h1-10,31,36-37H,11-26H2,(H,34,39). The molecule has 0 fully saturated rings. The van der Waals surface area contributed by atoms with Crippen molar-refractivity contribution in [1.82, 2.24) is 5.32 Å². The molecule has 260 valence electrons. The van der Waals surface area contributed by atoms with Crippen molar-refractivity contribution in [3.8, 4) is 0 Å². The third-order valence-corrected chi connectivity index (χ3v) is 6.41. The van der Waals surface area contributed by atoms with Crippen LogP contribution in [0.15, 0.2) is 48.5 Å². The van der Waals surface area contributed by atoms with E-state index in [9.17, 15) is 9.59 Å². The molecule has 2 amide bonds. The molecule has 14 heteroatoms. The van der Waals surface area contributed by atoms with Crippen LogP contribution in [0.2, 0.25) is 0 Å². The third-order valence-electron chi connectivity index (χ3n) is 6.41. The summed E-state index contributed by atoms with van der Waals surface area (Å²) < 4.78 is 43.1. The van der Waals surface area contributed by atoms with Crippen LogP contribution in [0.1, 0.15) is 11.1 Å². The van der Waals surface area contributed by atoms with Gasteiger partial charge in [0.25, 0.3) is 0 Å². The Hall–Kier alpha value is -3.44. The second kappa shape index (κ2) is 23.8. The summed E-state index contributed by atoms with van der Waals surface area (Å²) in [5, 5.41) is 20.1. The van der Waals surface area contributed by atoms with Gasteiger partial charge in [-0.05, 0) is 23.3 Å². The van der Waals surface area contributed by atoms with Crippen molar-refractivity contribution >= 4 is 35.5 Å². The van der Waals surface area contributed by atoms with Crippen molar-refractivity contribution in [2.75, 3.05) is 111 Å². The molecule has 2 aromatic rings. The lowest BCUT2D eigenvalue weighted by atomic mass is 10.1. The fourth-order valence-electron chi connectivity index (χ4n) is 4.25. The van der Waals surface area contributed by atoms with E-state index in [4.69, 9.17) is 48.1 Å². The third kappa shape index (κ3) is 14.5. The first kappa shape index (κ1) is 38.0. The molecular weight excluding hydrogens is 616 g/mol. The highest BCUT2D eigenvalue weighted by atomic mass is 16.6. The molecular formula is C33H46N2O12. The first-order valence-electron chi connectivity index (χ1n) is 15.6. The van der Waals surface area contributed by atoms with Crippen LogP contribution in [0.4, 0.5) is 16.2 Å². The zero-order valence-electron chi connectivity index (χ0n) is 26.6. The molecule has 0 spiro atoms. The highest BCUT2D eigenvalue weighted by Crippen LogP contribution is 2.36. The van der Waals surface area contributed by atoms with E-state index >= 15 is 0 Å². The Morgan fingerprint density at radius 1 is 0.574 bits per heavy atom. The summed E-state index contributed by atoms with van der Waals surface area (Å²) in [6.45, 7) is 3.33. The van der Waals surface area contributed by atoms with Crippen LogP contribution in [0, 0.1) is 0 Å². The molecule has 3 rings (SSSR count). The molecule has 0 aliphatic carbocycles. The maximum absolute atomic E-state index is 13.8. The lowest BCUT2D eigenvalue weighted by molar-refractivity contribution is -0.161. The molecule has 3 N–H and O–H groups in total. The molecule has 14 nitrogen and oxygen atoms in total. The van der Waals surface area contributed by atoms with Crippen LogP contribution in [-0.2, 0) is 42.7 Å². The molecule has 0 radical (unpaired) electrons. The van der Waals surface area contributed by atoms with Crippen molar-refractivity contribution in [2.24, 2.45) is 0 Å². The molecule has 0 saturated carbocycles. The Balaban J connectivity index is 1.52. The SMILES string of the molecule is O=C(OCCOCCOCCOCCO)C(NC(=O)N1c2ccccc2C=Cc2ccccc21)OCCOCCOCCOCCO. The van der Waals surface area contributed by atoms with Gasteiger partial charge in [0.05, 0.1) is 110 Å². The quantitative estimate of drug-likeness (QED) is 0.0806. The molecule has 2 aromatic carbocycles. The molecule has 1 aliphatic rings. The zero-order valence-corrected chi connectivity index (χ0v) is 26.6. The van der Waals surface area contributed by atoms with Gasteiger partial charge in [0.2, 0.25) is 6.23 Å². The second-order valence-electron chi connectivity index (χ2n) is 9.78. The minimum atomic E-state index is -1.43. The molecule has 1 atom stereocenters. The Bertz CT molecular complexity index is 1150. The monoisotopic (exact) mass is 662 g/mol. The summed E-state index contributed by atoms with van der Waals surface area (Å²) in [5.74, 6) is -0.792. The number of benzene rings is 2. The van der Waals surface area contributed by atoms with Crippen LogP contribution in [-0.4, -0.2) is 134 Å². The molecule has 1 unspecified atom stereocenters. The average Bonchev–Trinajstić information content (AvgIpc) is 3.26. The number of urea groups is 1. The van der Waals surface area contributed by atoms with Gasteiger partial charge >= 0.3 is 12.0 Å². The average molecular weight is 663 g/mol. The maximum atomic E-state index is 13.8. The molecule has 0 aromatic heterocycles. The van der Waals surface area contributed by atoms with Crippen LogP contribution in [0.3, 0.4) is 0 Å². The predicted molar refractivity (Wildman–Crippen MR) is 172 cm³/mol. The molecule has 1 heterocycles. The van der Waals surface area contributed by atoms with Gasteiger partial charge in [-0.2, -0.15) is 0 Å². The van der Waals surface area contributed by atoms with Gasteiger partial charge in [0, 0.05) is 0 Å². The van der Waals surface area contributed by atoms with Crippen LogP contribution in [0.25, 0.3) is 12.2 Å². The fourth-order valence-corrected chi connectivity index (χ4v) is 4.25. The summed E-state index contributed by atoms with van der Waals surface area (Å²) in [6, 6.07) is 14.3.